The number of carbonyl (C=O) groups is 3. The average Bonchev–Trinajstić information content (AvgIpc) is 3.04. The first-order valence-corrected chi connectivity index (χ1v) is 14.2. The highest BCUT2D eigenvalue weighted by molar-refractivity contribution is 5.89. The van der Waals surface area contributed by atoms with Crippen molar-refractivity contribution in [3.05, 3.63) is 120 Å². The summed E-state index contributed by atoms with van der Waals surface area (Å²) in [6, 6.07) is 29.6. The molecular weight excluding hydrogens is 562 g/mol. The van der Waals surface area contributed by atoms with Crippen LogP contribution in [0.2, 0.25) is 0 Å². The molecule has 1 saturated heterocycles. The van der Waals surface area contributed by atoms with Crippen molar-refractivity contribution in [3.8, 4) is 5.75 Å². The van der Waals surface area contributed by atoms with Crippen LogP contribution in [0.3, 0.4) is 0 Å². The number of benzene rings is 3. The Kier molecular flexibility index (Phi) is 11.6. The number of aliphatic hydroxyl groups excluding tert-OH is 1. The van der Waals surface area contributed by atoms with Crippen LogP contribution in [0, 0.1) is 0 Å². The van der Waals surface area contributed by atoms with Gasteiger partial charge in [-0.15, -0.1) is 0 Å². The van der Waals surface area contributed by atoms with Gasteiger partial charge in [-0.25, -0.2) is 9.59 Å². The van der Waals surface area contributed by atoms with Crippen molar-refractivity contribution >= 4 is 28.7 Å². The van der Waals surface area contributed by atoms with Gasteiger partial charge in [0.25, 0.3) is 0 Å². The Morgan fingerprint density at radius 2 is 1.36 bits per heavy atom. The standard InChI is InChI=1S/C30H31N3O3.C4H4O4/c34-25(22-36-28-15-7-14-27-26(28)13-8-16-31-27)21-32-17-19-33(20-18-32)30(35)29(23-9-3-1-4-10-23)24-11-5-2-6-12-24;5-3(6)1-2-4(7)8/h1-16,25,29,34H,17-22H2;1-2H,(H,5,6)(H,7,8)/b;2-1+. The number of piperazine rings is 1. The molecule has 44 heavy (non-hydrogen) atoms. The number of carboxylic acids is 2. The molecule has 0 radical (unpaired) electrons. The molecule has 2 heterocycles. The third kappa shape index (κ3) is 9.22. The molecule has 4 aromatic rings. The number of pyridine rings is 1. The molecule has 10 nitrogen and oxygen atoms in total. The van der Waals surface area contributed by atoms with Gasteiger partial charge in [0.1, 0.15) is 18.5 Å². The number of amides is 1. The van der Waals surface area contributed by atoms with Crippen molar-refractivity contribution < 1.29 is 34.4 Å². The monoisotopic (exact) mass is 597 g/mol. The van der Waals surface area contributed by atoms with E-state index in [2.05, 4.69) is 9.88 Å². The van der Waals surface area contributed by atoms with E-state index in [0.29, 0.717) is 31.8 Å². The number of aliphatic carboxylic acids is 2. The van der Waals surface area contributed by atoms with E-state index < -0.39 is 18.0 Å². The number of aliphatic hydroxyl groups is 1. The minimum absolute atomic E-state index is 0.125. The summed E-state index contributed by atoms with van der Waals surface area (Å²) in [6.07, 6.45) is 2.25. The number of ether oxygens (including phenoxy) is 1. The molecule has 3 aromatic carbocycles. The fraction of sp³-hybridized carbons (Fsp3) is 0.235. The number of carbonyl (C=O) groups excluding carboxylic acids is 1. The molecule has 1 atom stereocenters. The zero-order chi connectivity index (χ0) is 31.3. The molecule has 1 aliphatic heterocycles. The number of β-amino-alcohol motifs (C(OH)–C–C–N with tert-alkyl or cyclic N) is 1. The summed E-state index contributed by atoms with van der Waals surface area (Å²) in [6.45, 7) is 3.42. The van der Waals surface area contributed by atoms with Gasteiger partial charge in [-0.2, -0.15) is 0 Å². The lowest BCUT2D eigenvalue weighted by molar-refractivity contribution is -0.134. The van der Waals surface area contributed by atoms with Crippen LogP contribution >= 0.6 is 0 Å². The fourth-order valence-electron chi connectivity index (χ4n) is 4.98. The fourth-order valence-corrected chi connectivity index (χ4v) is 4.98. The Bertz CT molecular complexity index is 1490. The van der Waals surface area contributed by atoms with Crippen molar-refractivity contribution in [1.82, 2.24) is 14.8 Å². The van der Waals surface area contributed by atoms with Crippen LogP contribution in [0.25, 0.3) is 10.9 Å². The lowest BCUT2D eigenvalue weighted by Gasteiger charge is -2.37. The molecule has 1 fully saturated rings. The summed E-state index contributed by atoms with van der Waals surface area (Å²) in [7, 11) is 0. The lowest BCUT2D eigenvalue weighted by atomic mass is 9.90. The summed E-state index contributed by atoms with van der Waals surface area (Å²) < 4.78 is 5.93. The molecule has 5 rings (SSSR count). The molecular formula is C34H35N3O7. The lowest BCUT2D eigenvalue weighted by Crippen LogP contribution is -2.52. The Hall–Kier alpha value is -5.06. The van der Waals surface area contributed by atoms with Crippen LogP contribution in [-0.2, 0) is 14.4 Å². The second kappa shape index (κ2) is 16.0. The van der Waals surface area contributed by atoms with E-state index in [0.717, 1.165) is 40.9 Å². The molecule has 0 bridgehead atoms. The van der Waals surface area contributed by atoms with Gasteiger partial charge in [0.2, 0.25) is 5.91 Å². The van der Waals surface area contributed by atoms with Gasteiger partial charge in [0, 0.05) is 56.5 Å². The van der Waals surface area contributed by atoms with Crippen LogP contribution in [0.5, 0.6) is 5.75 Å². The molecule has 1 unspecified atom stereocenters. The predicted molar refractivity (Wildman–Crippen MR) is 165 cm³/mol. The smallest absolute Gasteiger partial charge is 0.328 e. The zero-order valence-electron chi connectivity index (χ0n) is 24.1. The summed E-state index contributed by atoms with van der Waals surface area (Å²) in [5.41, 5.74) is 2.88. The second-order valence-electron chi connectivity index (χ2n) is 10.2. The molecule has 1 aliphatic rings. The first kappa shape index (κ1) is 31.9. The van der Waals surface area contributed by atoms with Crippen LogP contribution in [0.1, 0.15) is 17.0 Å². The number of rotatable bonds is 10. The number of hydrogen-bond acceptors (Lipinski definition) is 7. The van der Waals surface area contributed by atoms with Crippen molar-refractivity contribution in [3.63, 3.8) is 0 Å². The van der Waals surface area contributed by atoms with E-state index >= 15 is 0 Å². The van der Waals surface area contributed by atoms with E-state index in [1.54, 1.807) is 6.20 Å². The van der Waals surface area contributed by atoms with Gasteiger partial charge in [0.15, 0.2) is 0 Å². The molecule has 0 spiro atoms. The zero-order valence-corrected chi connectivity index (χ0v) is 24.1. The molecule has 1 aromatic heterocycles. The van der Waals surface area contributed by atoms with Crippen molar-refractivity contribution in [2.24, 2.45) is 0 Å². The first-order valence-electron chi connectivity index (χ1n) is 14.2. The van der Waals surface area contributed by atoms with Crippen LogP contribution in [0.4, 0.5) is 0 Å². The topological polar surface area (TPSA) is 140 Å². The molecule has 0 aliphatic carbocycles. The first-order chi connectivity index (χ1) is 21.3. The molecule has 3 N–H and O–H groups in total. The highest BCUT2D eigenvalue weighted by Crippen LogP contribution is 2.27. The van der Waals surface area contributed by atoms with Crippen molar-refractivity contribution in [2.75, 3.05) is 39.3 Å². The summed E-state index contributed by atoms with van der Waals surface area (Å²) in [5, 5.41) is 27.2. The Labute approximate surface area is 255 Å². The Morgan fingerprint density at radius 1 is 0.773 bits per heavy atom. The van der Waals surface area contributed by atoms with Gasteiger partial charge in [-0.05, 0) is 35.4 Å². The number of nitrogens with zero attached hydrogens (tertiary/aromatic N) is 3. The maximum Gasteiger partial charge on any atom is 0.328 e. The Morgan fingerprint density at radius 3 is 1.93 bits per heavy atom. The van der Waals surface area contributed by atoms with Gasteiger partial charge < -0.3 is 25.0 Å². The number of carboxylic acid groups (broad SMARTS) is 2. The maximum absolute atomic E-state index is 13.6. The van der Waals surface area contributed by atoms with Gasteiger partial charge >= 0.3 is 11.9 Å². The van der Waals surface area contributed by atoms with Crippen LogP contribution in [-0.4, -0.2) is 93.4 Å². The summed E-state index contributed by atoms with van der Waals surface area (Å²) in [5.74, 6) is -1.98. The summed E-state index contributed by atoms with van der Waals surface area (Å²) in [4.78, 5) is 41.2. The summed E-state index contributed by atoms with van der Waals surface area (Å²) >= 11 is 0. The highest BCUT2D eigenvalue weighted by Gasteiger charge is 2.30. The van der Waals surface area contributed by atoms with Gasteiger partial charge in [-0.1, -0.05) is 66.7 Å². The highest BCUT2D eigenvalue weighted by atomic mass is 16.5. The second-order valence-corrected chi connectivity index (χ2v) is 10.2. The van der Waals surface area contributed by atoms with Gasteiger partial charge in [0.05, 0.1) is 11.4 Å². The molecule has 10 heteroatoms. The van der Waals surface area contributed by atoms with Gasteiger partial charge in [-0.3, -0.25) is 14.7 Å². The minimum Gasteiger partial charge on any atom is -0.490 e. The third-order valence-electron chi connectivity index (χ3n) is 7.07. The van der Waals surface area contributed by atoms with Crippen molar-refractivity contribution in [1.29, 1.82) is 0 Å². The molecule has 228 valence electrons. The van der Waals surface area contributed by atoms with E-state index in [9.17, 15) is 19.5 Å². The molecule has 1 amide bonds. The predicted octanol–water partition coefficient (Wildman–Crippen LogP) is 3.66. The van der Waals surface area contributed by atoms with Crippen LogP contribution < -0.4 is 4.74 Å². The van der Waals surface area contributed by atoms with E-state index in [1.807, 2.05) is 95.9 Å². The SMILES string of the molecule is O=C(C(c1ccccc1)c1ccccc1)N1CCN(CC(O)COc2cccc3ncccc23)CC1.O=C(O)/C=C/C(=O)O. The minimum atomic E-state index is -1.26. The van der Waals surface area contributed by atoms with E-state index in [1.165, 1.54) is 0 Å². The van der Waals surface area contributed by atoms with E-state index in [4.69, 9.17) is 14.9 Å². The Balaban J connectivity index is 0.000000488. The third-order valence-corrected chi connectivity index (χ3v) is 7.07. The molecule has 0 saturated carbocycles. The number of fused-ring (bicyclic) bond motifs is 1. The van der Waals surface area contributed by atoms with Crippen molar-refractivity contribution in [2.45, 2.75) is 12.0 Å². The quantitative estimate of drug-likeness (QED) is 0.234. The van der Waals surface area contributed by atoms with E-state index in [-0.39, 0.29) is 18.4 Å². The number of hydrogen-bond donors (Lipinski definition) is 3. The average molecular weight is 598 g/mol. The number of aromatic nitrogens is 1. The largest absolute Gasteiger partial charge is 0.490 e. The maximum atomic E-state index is 13.6. The van der Waals surface area contributed by atoms with Crippen LogP contribution in [0.15, 0.2) is 109 Å². The normalized spacial score (nSPS) is 14.2.